The maximum atomic E-state index is 2.59. The number of rotatable bonds is 4. The van der Waals surface area contributed by atoms with Gasteiger partial charge in [0.2, 0.25) is 0 Å². The van der Waals surface area contributed by atoms with Crippen molar-refractivity contribution < 1.29 is 0 Å². The largest absolute Gasteiger partial charge is 0.0757 e. The average molecular weight is 711 g/mol. The van der Waals surface area contributed by atoms with Crippen LogP contribution in [0.5, 0.6) is 0 Å². The molecule has 1 unspecified atom stereocenters. The molecule has 2 atom stereocenters. The molecule has 7 aromatic rings. The van der Waals surface area contributed by atoms with Crippen LogP contribution in [0.25, 0.3) is 71.3 Å². The van der Waals surface area contributed by atoms with Gasteiger partial charge in [-0.2, -0.15) is 0 Å². The minimum atomic E-state index is 0.00811. The lowest BCUT2D eigenvalue weighted by atomic mass is 9.81. The zero-order valence-corrected chi connectivity index (χ0v) is 27.9. The molecular weight excluding hydrogens is 679 g/mol. The van der Waals surface area contributed by atoms with E-state index in [9.17, 15) is 0 Å². The van der Waals surface area contributed by atoms with Gasteiger partial charge in [0.25, 0.3) is 0 Å². The van der Waals surface area contributed by atoms with Crippen molar-refractivity contribution in [2.45, 2.75) is 3.42 Å². The molecule has 1 heteroatoms. The maximum Gasteiger partial charge on any atom is 0.0689 e. The molecule has 0 aromatic heterocycles. The quantitative estimate of drug-likeness (QED) is 0.126. The van der Waals surface area contributed by atoms with E-state index >= 15 is 0 Å². The fourth-order valence-corrected chi connectivity index (χ4v) is 8.09. The van der Waals surface area contributed by atoms with E-state index in [4.69, 9.17) is 0 Å². The molecule has 0 fully saturated rings. The lowest BCUT2D eigenvalue weighted by Crippen LogP contribution is -2.27. The Labute approximate surface area is 289 Å². The van der Waals surface area contributed by atoms with E-state index in [2.05, 4.69) is 205 Å². The minimum absolute atomic E-state index is 0.00811. The Kier molecular flexibility index (Phi) is 6.83. The third-order valence-electron chi connectivity index (χ3n) is 9.78. The molecule has 0 amide bonds. The second-order valence-electron chi connectivity index (χ2n) is 12.8. The van der Waals surface area contributed by atoms with Crippen LogP contribution in [0.2, 0.25) is 0 Å². The molecular formula is C46H31I. The molecule has 0 saturated carbocycles. The molecule has 0 saturated heterocycles. The third-order valence-corrected chi connectivity index (χ3v) is 11.2. The van der Waals surface area contributed by atoms with Gasteiger partial charge in [-0.3, -0.25) is 0 Å². The van der Waals surface area contributed by atoms with Gasteiger partial charge in [-0.1, -0.05) is 168 Å². The third kappa shape index (κ3) is 5.25. The first-order valence-electron chi connectivity index (χ1n) is 16.2. The van der Waals surface area contributed by atoms with E-state index < -0.39 is 0 Å². The van der Waals surface area contributed by atoms with Crippen molar-refractivity contribution in [1.82, 2.24) is 0 Å². The van der Waals surface area contributed by atoms with Crippen molar-refractivity contribution in [1.29, 1.82) is 0 Å². The Morgan fingerprint density at radius 1 is 0.404 bits per heavy atom. The van der Waals surface area contributed by atoms with Crippen molar-refractivity contribution >= 4 is 60.5 Å². The topological polar surface area (TPSA) is 0 Å². The SMILES string of the molecule is I[C@@]12C=CC=CC1C=CC(c1ccc3cc(-c4ccc5cc(-c6cccc(-c7ccc8ccccc8c7)c6)ccc5c4)ccc3c1)=C2. The summed E-state index contributed by atoms with van der Waals surface area (Å²) in [6.45, 7) is 0. The van der Waals surface area contributed by atoms with Gasteiger partial charge >= 0.3 is 0 Å². The number of allylic oxidation sites excluding steroid dienone is 8. The Bertz CT molecular complexity index is 2490. The summed E-state index contributed by atoms with van der Waals surface area (Å²) in [7, 11) is 0. The van der Waals surface area contributed by atoms with Crippen LogP contribution in [-0.4, -0.2) is 3.42 Å². The number of hydrogen-bond donors (Lipinski definition) is 0. The molecule has 0 radical (unpaired) electrons. The van der Waals surface area contributed by atoms with Crippen molar-refractivity contribution in [3.63, 3.8) is 0 Å². The molecule has 47 heavy (non-hydrogen) atoms. The predicted octanol–water partition coefficient (Wildman–Crippen LogP) is 13.0. The molecule has 0 N–H and O–H groups in total. The molecule has 9 rings (SSSR count). The molecule has 2 aliphatic rings. The van der Waals surface area contributed by atoms with Gasteiger partial charge in [-0.25, -0.2) is 0 Å². The van der Waals surface area contributed by atoms with Crippen molar-refractivity contribution in [2.75, 3.05) is 0 Å². The zero-order chi connectivity index (χ0) is 31.4. The smallest absolute Gasteiger partial charge is 0.0689 e. The summed E-state index contributed by atoms with van der Waals surface area (Å²) >= 11 is 2.59. The van der Waals surface area contributed by atoms with Crippen LogP contribution < -0.4 is 0 Å². The molecule has 2 aliphatic carbocycles. The first kappa shape index (κ1) is 28.3. The second-order valence-corrected chi connectivity index (χ2v) is 14.6. The van der Waals surface area contributed by atoms with Crippen LogP contribution in [0.3, 0.4) is 0 Å². The first-order valence-corrected chi connectivity index (χ1v) is 17.3. The van der Waals surface area contributed by atoms with E-state index in [0.29, 0.717) is 5.92 Å². The van der Waals surface area contributed by atoms with Crippen LogP contribution in [0.15, 0.2) is 182 Å². The van der Waals surface area contributed by atoms with Gasteiger partial charge in [-0.15, -0.1) is 0 Å². The highest BCUT2D eigenvalue weighted by Crippen LogP contribution is 2.42. The maximum absolute atomic E-state index is 2.59. The molecule has 0 aliphatic heterocycles. The van der Waals surface area contributed by atoms with Gasteiger partial charge < -0.3 is 0 Å². The highest BCUT2D eigenvalue weighted by molar-refractivity contribution is 14.1. The summed E-state index contributed by atoms with van der Waals surface area (Å²) in [5.74, 6) is 0.417. The lowest BCUT2D eigenvalue weighted by Gasteiger charge is -2.32. The Morgan fingerprint density at radius 2 is 0.872 bits per heavy atom. The molecule has 222 valence electrons. The molecule has 0 heterocycles. The highest BCUT2D eigenvalue weighted by Gasteiger charge is 2.32. The van der Waals surface area contributed by atoms with Gasteiger partial charge in [-0.05, 0) is 113 Å². The molecule has 0 nitrogen and oxygen atoms in total. The fraction of sp³-hybridized carbons (Fsp3) is 0.0435. The molecule has 7 aromatic carbocycles. The van der Waals surface area contributed by atoms with Gasteiger partial charge in [0, 0.05) is 5.92 Å². The monoisotopic (exact) mass is 710 g/mol. The number of benzene rings is 7. The van der Waals surface area contributed by atoms with Crippen LogP contribution >= 0.6 is 22.6 Å². The first-order chi connectivity index (χ1) is 23.1. The van der Waals surface area contributed by atoms with E-state index in [1.165, 1.54) is 76.8 Å². The van der Waals surface area contributed by atoms with E-state index in [1.807, 2.05) is 0 Å². The zero-order valence-electron chi connectivity index (χ0n) is 25.8. The minimum Gasteiger partial charge on any atom is -0.0757 e. The summed E-state index contributed by atoms with van der Waals surface area (Å²) in [5.41, 5.74) is 9.98. The predicted molar refractivity (Wildman–Crippen MR) is 211 cm³/mol. The van der Waals surface area contributed by atoms with Crippen molar-refractivity contribution in [3.8, 4) is 33.4 Å². The summed E-state index contributed by atoms with van der Waals surface area (Å²) in [6.07, 6.45) is 15.9. The van der Waals surface area contributed by atoms with Gasteiger partial charge in [0.05, 0.1) is 3.42 Å². The normalized spacial score (nSPS) is 18.5. The van der Waals surface area contributed by atoms with Crippen LogP contribution in [0.1, 0.15) is 5.56 Å². The second kappa shape index (κ2) is 11.4. The van der Waals surface area contributed by atoms with Crippen molar-refractivity contribution in [2.24, 2.45) is 5.92 Å². The summed E-state index contributed by atoms with van der Waals surface area (Å²) in [4.78, 5) is 0. The van der Waals surface area contributed by atoms with Gasteiger partial charge in [0.15, 0.2) is 0 Å². The van der Waals surface area contributed by atoms with Crippen LogP contribution in [0, 0.1) is 5.92 Å². The summed E-state index contributed by atoms with van der Waals surface area (Å²) in [6, 6.07) is 51.5. The Balaban J connectivity index is 0.992. The van der Waals surface area contributed by atoms with Crippen LogP contribution in [-0.2, 0) is 0 Å². The number of halogens is 1. The van der Waals surface area contributed by atoms with Crippen molar-refractivity contribution in [3.05, 3.63) is 188 Å². The van der Waals surface area contributed by atoms with E-state index in [0.717, 1.165) is 0 Å². The van der Waals surface area contributed by atoms with Crippen LogP contribution in [0.4, 0.5) is 0 Å². The summed E-state index contributed by atoms with van der Waals surface area (Å²) in [5, 5.41) is 7.56. The standard InChI is InChI=1S/C46H31I/c47-46-23-4-3-10-45(46)22-21-44(30-46)43-20-19-41-28-40(17-18-42(41)29-43)39-16-15-37-26-36(13-14-38(37)27-39)34-9-5-8-33(25-34)35-12-11-31-6-1-2-7-32(31)24-35/h1-30,45H/t45?,46-/m1/s1. The van der Waals surface area contributed by atoms with E-state index in [1.54, 1.807) is 0 Å². The Morgan fingerprint density at radius 3 is 1.47 bits per heavy atom. The molecule has 0 spiro atoms. The van der Waals surface area contributed by atoms with E-state index in [-0.39, 0.29) is 3.42 Å². The number of alkyl halides is 1. The number of hydrogen-bond acceptors (Lipinski definition) is 0. The number of fused-ring (bicyclic) bond motifs is 4. The highest BCUT2D eigenvalue weighted by atomic mass is 127. The Hall–Kier alpha value is -4.99. The lowest BCUT2D eigenvalue weighted by molar-refractivity contribution is 0.740. The fourth-order valence-electron chi connectivity index (χ4n) is 7.13. The molecule has 0 bridgehead atoms. The summed E-state index contributed by atoms with van der Waals surface area (Å²) < 4.78 is 0.00811. The van der Waals surface area contributed by atoms with Gasteiger partial charge in [0.1, 0.15) is 0 Å². The average Bonchev–Trinajstić information content (AvgIpc) is 3.13.